The van der Waals surface area contributed by atoms with Crippen molar-refractivity contribution in [1.29, 1.82) is 0 Å². The monoisotopic (exact) mass is 410 g/mol. The van der Waals surface area contributed by atoms with Crippen LogP contribution in [0.1, 0.15) is 41.4 Å². The van der Waals surface area contributed by atoms with Crippen molar-refractivity contribution in [1.82, 2.24) is 19.7 Å². The third-order valence-electron chi connectivity index (χ3n) is 6.21. The molecule has 31 heavy (non-hydrogen) atoms. The third-order valence-corrected chi connectivity index (χ3v) is 6.21. The van der Waals surface area contributed by atoms with Gasteiger partial charge in [-0.2, -0.15) is 5.10 Å². The average molecular weight is 411 g/mol. The predicted octanol–water partition coefficient (Wildman–Crippen LogP) is 5.19. The zero-order valence-corrected chi connectivity index (χ0v) is 18.0. The Morgan fingerprint density at radius 1 is 1.03 bits per heavy atom. The lowest BCUT2D eigenvalue weighted by Crippen LogP contribution is -2.27. The summed E-state index contributed by atoms with van der Waals surface area (Å²) in [4.78, 5) is 20.1. The number of carbonyl (C=O) groups excluding carboxylic acids is 1. The lowest BCUT2D eigenvalue weighted by atomic mass is 10.0. The molecule has 5 nitrogen and oxygen atoms in total. The number of fused-ring (bicyclic) bond motifs is 1. The van der Waals surface area contributed by atoms with Crippen molar-refractivity contribution in [2.45, 2.75) is 33.1 Å². The fourth-order valence-corrected chi connectivity index (χ4v) is 4.38. The van der Waals surface area contributed by atoms with Gasteiger partial charge in [0.2, 0.25) is 0 Å². The number of pyridine rings is 1. The van der Waals surface area contributed by atoms with Crippen LogP contribution in [-0.2, 0) is 6.42 Å². The van der Waals surface area contributed by atoms with Gasteiger partial charge in [-0.1, -0.05) is 37.3 Å². The molecule has 3 heterocycles. The van der Waals surface area contributed by atoms with Crippen molar-refractivity contribution in [3.05, 3.63) is 77.6 Å². The van der Waals surface area contributed by atoms with Gasteiger partial charge in [-0.15, -0.1) is 0 Å². The number of aryl methyl sites for hydroxylation is 1. The molecule has 0 radical (unpaired) electrons. The van der Waals surface area contributed by atoms with Crippen LogP contribution in [0.3, 0.4) is 0 Å². The first-order valence-electron chi connectivity index (χ1n) is 11.0. The summed E-state index contributed by atoms with van der Waals surface area (Å²) < 4.78 is 1.94. The molecule has 1 aliphatic rings. The van der Waals surface area contributed by atoms with E-state index in [1.54, 1.807) is 0 Å². The first-order valence-corrected chi connectivity index (χ1v) is 11.0. The second-order valence-corrected chi connectivity index (χ2v) is 8.15. The highest BCUT2D eigenvalue weighted by molar-refractivity contribution is 6.07. The number of para-hydroxylation sites is 1. The fourth-order valence-electron chi connectivity index (χ4n) is 4.38. The standard InChI is InChI=1S/C26H26N4O/c1-3-19-10-12-20(13-11-19)30-18(2)23(17-27-30)25-16-22(26(31)29-14-6-7-15-29)21-8-4-5-9-24(21)28-25/h4-5,8-13,16-17H,3,6-7,14-15H2,1-2H3. The van der Waals surface area contributed by atoms with Crippen molar-refractivity contribution in [2.24, 2.45) is 0 Å². The van der Waals surface area contributed by atoms with Gasteiger partial charge in [0.15, 0.2) is 0 Å². The van der Waals surface area contributed by atoms with E-state index in [9.17, 15) is 4.79 Å². The van der Waals surface area contributed by atoms with Crippen LogP contribution >= 0.6 is 0 Å². The zero-order valence-electron chi connectivity index (χ0n) is 18.0. The smallest absolute Gasteiger partial charge is 0.254 e. The Hall–Kier alpha value is -3.47. The summed E-state index contributed by atoms with van der Waals surface area (Å²) in [5.41, 5.74) is 6.62. The van der Waals surface area contributed by atoms with Crippen molar-refractivity contribution >= 4 is 16.8 Å². The summed E-state index contributed by atoms with van der Waals surface area (Å²) in [6.07, 6.45) is 5.01. The van der Waals surface area contributed by atoms with E-state index in [4.69, 9.17) is 4.98 Å². The summed E-state index contributed by atoms with van der Waals surface area (Å²) in [5.74, 6) is 0.0950. The molecular weight excluding hydrogens is 384 g/mol. The summed E-state index contributed by atoms with van der Waals surface area (Å²) >= 11 is 0. The Labute approximate surface area is 182 Å². The number of carbonyl (C=O) groups is 1. The topological polar surface area (TPSA) is 51.0 Å². The number of likely N-dealkylation sites (tertiary alicyclic amines) is 1. The molecule has 0 spiro atoms. The molecule has 2 aromatic heterocycles. The zero-order chi connectivity index (χ0) is 21.4. The van der Waals surface area contributed by atoms with E-state index >= 15 is 0 Å². The van der Waals surface area contributed by atoms with E-state index in [2.05, 4.69) is 43.2 Å². The third kappa shape index (κ3) is 3.50. The molecule has 0 N–H and O–H groups in total. The van der Waals surface area contributed by atoms with E-state index in [1.165, 1.54) is 5.56 Å². The summed E-state index contributed by atoms with van der Waals surface area (Å²) in [7, 11) is 0. The Balaban J connectivity index is 1.60. The van der Waals surface area contributed by atoms with Crippen LogP contribution in [0, 0.1) is 6.92 Å². The molecule has 0 bridgehead atoms. The number of hydrogen-bond donors (Lipinski definition) is 0. The maximum atomic E-state index is 13.3. The molecule has 2 aromatic carbocycles. The van der Waals surface area contributed by atoms with Crippen LogP contribution in [0.5, 0.6) is 0 Å². The van der Waals surface area contributed by atoms with Gasteiger partial charge < -0.3 is 4.90 Å². The SMILES string of the molecule is CCc1ccc(-n2ncc(-c3cc(C(=O)N4CCCC4)c4ccccc4n3)c2C)cc1. The van der Waals surface area contributed by atoms with Gasteiger partial charge in [0, 0.05) is 24.0 Å². The Morgan fingerprint density at radius 2 is 1.77 bits per heavy atom. The van der Waals surface area contributed by atoms with Crippen molar-refractivity contribution in [3.63, 3.8) is 0 Å². The molecule has 5 rings (SSSR count). The molecule has 0 saturated carbocycles. The number of aromatic nitrogens is 3. The molecular formula is C26H26N4O. The second kappa shape index (κ2) is 7.99. The van der Waals surface area contributed by atoms with E-state index in [0.717, 1.165) is 71.5 Å². The maximum absolute atomic E-state index is 13.3. The van der Waals surface area contributed by atoms with Crippen molar-refractivity contribution in [2.75, 3.05) is 13.1 Å². The van der Waals surface area contributed by atoms with E-state index in [1.807, 2.05) is 46.1 Å². The van der Waals surface area contributed by atoms with Gasteiger partial charge in [0.1, 0.15) is 0 Å². The van der Waals surface area contributed by atoms with E-state index in [-0.39, 0.29) is 5.91 Å². The summed E-state index contributed by atoms with van der Waals surface area (Å²) in [6, 6.07) is 18.3. The van der Waals surface area contributed by atoms with E-state index in [0.29, 0.717) is 0 Å². The fraction of sp³-hybridized carbons (Fsp3) is 0.269. The van der Waals surface area contributed by atoms with Crippen molar-refractivity contribution in [3.8, 4) is 16.9 Å². The molecule has 1 aliphatic heterocycles. The van der Waals surface area contributed by atoms with Crippen molar-refractivity contribution < 1.29 is 4.79 Å². The molecule has 4 aromatic rings. The van der Waals surface area contributed by atoms with Gasteiger partial charge in [-0.05, 0) is 56.0 Å². The molecule has 5 heteroatoms. The van der Waals surface area contributed by atoms with Gasteiger partial charge in [-0.3, -0.25) is 4.79 Å². The maximum Gasteiger partial charge on any atom is 0.254 e. The van der Waals surface area contributed by atoms with Crippen LogP contribution in [0.4, 0.5) is 0 Å². The van der Waals surface area contributed by atoms with Gasteiger partial charge in [-0.25, -0.2) is 9.67 Å². The second-order valence-electron chi connectivity index (χ2n) is 8.15. The number of hydrogen-bond acceptors (Lipinski definition) is 3. The normalized spacial score (nSPS) is 13.8. The highest BCUT2D eigenvalue weighted by Crippen LogP contribution is 2.29. The minimum atomic E-state index is 0.0950. The highest BCUT2D eigenvalue weighted by atomic mass is 16.2. The molecule has 1 fully saturated rings. The lowest BCUT2D eigenvalue weighted by Gasteiger charge is -2.17. The molecule has 1 amide bonds. The molecule has 1 saturated heterocycles. The Morgan fingerprint density at radius 3 is 2.52 bits per heavy atom. The minimum Gasteiger partial charge on any atom is -0.339 e. The largest absolute Gasteiger partial charge is 0.339 e. The minimum absolute atomic E-state index is 0.0950. The lowest BCUT2D eigenvalue weighted by molar-refractivity contribution is 0.0794. The van der Waals surface area contributed by atoms with Gasteiger partial charge in [0.25, 0.3) is 5.91 Å². The number of nitrogens with zero attached hydrogens (tertiary/aromatic N) is 4. The molecule has 0 atom stereocenters. The van der Waals surface area contributed by atoms with Crippen LogP contribution in [0.15, 0.2) is 60.8 Å². The highest BCUT2D eigenvalue weighted by Gasteiger charge is 2.23. The molecule has 0 aliphatic carbocycles. The first-order chi connectivity index (χ1) is 15.2. The van der Waals surface area contributed by atoms with E-state index < -0.39 is 0 Å². The van der Waals surface area contributed by atoms with Crippen LogP contribution in [0.25, 0.3) is 27.8 Å². The molecule has 0 unspecified atom stereocenters. The number of rotatable bonds is 4. The summed E-state index contributed by atoms with van der Waals surface area (Å²) in [5, 5.41) is 5.54. The van der Waals surface area contributed by atoms with Crippen LogP contribution in [-0.4, -0.2) is 38.7 Å². The Bertz CT molecular complexity index is 1250. The first kappa shape index (κ1) is 19.5. The molecule has 156 valence electrons. The van der Waals surface area contributed by atoms with Crippen LogP contribution in [0.2, 0.25) is 0 Å². The quantitative estimate of drug-likeness (QED) is 0.465. The van der Waals surface area contributed by atoms with Crippen LogP contribution < -0.4 is 0 Å². The van der Waals surface area contributed by atoms with Gasteiger partial charge >= 0.3 is 0 Å². The summed E-state index contributed by atoms with van der Waals surface area (Å²) in [6.45, 7) is 5.86. The Kier molecular flexibility index (Phi) is 5.02. The van der Waals surface area contributed by atoms with Gasteiger partial charge in [0.05, 0.1) is 34.4 Å². The number of benzene rings is 2. The number of amides is 1. The average Bonchev–Trinajstić information content (AvgIpc) is 3.48. The predicted molar refractivity (Wildman–Crippen MR) is 124 cm³/mol.